The predicted octanol–water partition coefficient (Wildman–Crippen LogP) is 3.68. The first kappa shape index (κ1) is 15.0. The molecule has 0 spiro atoms. The van der Waals surface area contributed by atoms with Gasteiger partial charge < -0.3 is 0 Å². The number of rotatable bonds is 5. The highest BCUT2D eigenvalue weighted by Crippen LogP contribution is 2.29. The molecule has 0 bridgehead atoms. The molecule has 0 aliphatic carbocycles. The van der Waals surface area contributed by atoms with Crippen molar-refractivity contribution in [1.82, 2.24) is 4.31 Å². The molecule has 0 aliphatic heterocycles. The summed E-state index contributed by atoms with van der Waals surface area (Å²) in [6.07, 6.45) is 0. The topological polar surface area (TPSA) is 37.4 Å². The van der Waals surface area contributed by atoms with Crippen molar-refractivity contribution in [3.05, 3.63) is 38.9 Å². The van der Waals surface area contributed by atoms with Gasteiger partial charge in [-0.2, -0.15) is 4.31 Å². The molecule has 0 unspecified atom stereocenters. The zero-order valence-electron chi connectivity index (χ0n) is 10.6. The number of alkyl halides is 1. The third-order valence-corrected chi connectivity index (χ3v) is 7.52. The van der Waals surface area contributed by atoms with Gasteiger partial charge in [0.25, 0.3) is 10.0 Å². The van der Waals surface area contributed by atoms with E-state index in [1.54, 1.807) is 24.5 Å². The van der Waals surface area contributed by atoms with Crippen molar-refractivity contribution < 1.29 is 8.42 Å². The van der Waals surface area contributed by atoms with Crippen LogP contribution in [0.25, 0.3) is 0 Å². The Morgan fingerprint density at radius 2 is 2.16 bits per heavy atom. The van der Waals surface area contributed by atoms with Gasteiger partial charge in [0.15, 0.2) is 0 Å². The summed E-state index contributed by atoms with van der Waals surface area (Å²) < 4.78 is 26.6. The Bertz CT molecular complexity index is 647. The molecule has 0 saturated heterocycles. The van der Waals surface area contributed by atoms with Crippen molar-refractivity contribution in [3.8, 4) is 0 Å². The normalized spacial score (nSPS) is 12.2. The molecule has 104 valence electrons. The van der Waals surface area contributed by atoms with Gasteiger partial charge >= 0.3 is 0 Å². The van der Waals surface area contributed by atoms with E-state index in [9.17, 15) is 8.42 Å². The first-order chi connectivity index (χ1) is 8.95. The van der Waals surface area contributed by atoms with Crippen LogP contribution in [0, 0.1) is 6.92 Å². The summed E-state index contributed by atoms with van der Waals surface area (Å²) in [5.74, 6) is 0.348. The largest absolute Gasteiger partial charge is 0.252 e. The van der Waals surface area contributed by atoms with Gasteiger partial charge in [0, 0.05) is 23.3 Å². The number of sulfonamides is 1. The van der Waals surface area contributed by atoms with E-state index in [1.807, 2.05) is 24.4 Å². The highest BCUT2D eigenvalue weighted by Gasteiger charge is 2.24. The molecule has 2 rings (SSSR count). The average Bonchev–Trinajstić information content (AvgIpc) is 2.98. The third-order valence-electron chi connectivity index (χ3n) is 2.74. The number of hydrogen-bond donors (Lipinski definition) is 0. The molecule has 0 N–H and O–H groups in total. The predicted molar refractivity (Wildman–Crippen MR) is 81.6 cm³/mol. The maximum Gasteiger partial charge on any atom is 0.252 e. The van der Waals surface area contributed by atoms with E-state index >= 15 is 0 Å². The summed E-state index contributed by atoms with van der Waals surface area (Å²) in [5.41, 5.74) is 0.933. The quantitative estimate of drug-likeness (QED) is 0.782. The number of nitrogens with zero attached hydrogens (tertiary/aromatic N) is 1. The van der Waals surface area contributed by atoms with Crippen molar-refractivity contribution in [2.45, 2.75) is 23.6 Å². The molecule has 0 atom stereocenters. The van der Waals surface area contributed by atoms with Crippen LogP contribution in [-0.2, 0) is 22.4 Å². The van der Waals surface area contributed by atoms with E-state index in [0.717, 1.165) is 15.3 Å². The summed E-state index contributed by atoms with van der Waals surface area (Å²) in [4.78, 5) is 1.93. The van der Waals surface area contributed by atoms with Crippen LogP contribution in [0.2, 0.25) is 0 Å². The van der Waals surface area contributed by atoms with Gasteiger partial charge in [-0.05, 0) is 30.0 Å². The van der Waals surface area contributed by atoms with Crippen LogP contribution in [0.4, 0.5) is 0 Å². The van der Waals surface area contributed by atoms with Gasteiger partial charge in [0.05, 0.1) is 5.88 Å². The Labute approximate surface area is 126 Å². The van der Waals surface area contributed by atoms with Crippen LogP contribution < -0.4 is 0 Å². The van der Waals surface area contributed by atoms with Crippen LogP contribution in [0.3, 0.4) is 0 Å². The van der Waals surface area contributed by atoms with Gasteiger partial charge in [-0.15, -0.1) is 34.3 Å². The van der Waals surface area contributed by atoms with Crippen molar-refractivity contribution >= 4 is 44.3 Å². The molecule has 19 heavy (non-hydrogen) atoms. The van der Waals surface area contributed by atoms with Crippen LogP contribution in [0.5, 0.6) is 0 Å². The number of hydrogen-bond acceptors (Lipinski definition) is 4. The summed E-state index contributed by atoms with van der Waals surface area (Å²) in [6, 6.07) is 5.55. The first-order valence-corrected chi connectivity index (χ1v) is 9.26. The molecular weight excluding hydrogens is 322 g/mol. The standard InChI is InChI=1S/C12H14ClNO2S3/c1-9-6-12(18-11(9)7-13)19(15,16)14(2)8-10-4-3-5-17-10/h3-6H,7-8H2,1-2H3. The van der Waals surface area contributed by atoms with E-state index in [4.69, 9.17) is 11.6 Å². The molecule has 3 nitrogen and oxygen atoms in total. The number of aryl methyl sites for hydroxylation is 1. The number of halogens is 1. The zero-order chi connectivity index (χ0) is 14.0. The lowest BCUT2D eigenvalue weighted by molar-refractivity contribution is 0.471. The third kappa shape index (κ3) is 3.20. The smallest absolute Gasteiger partial charge is 0.206 e. The first-order valence-electron chi connectivity index (χ1n) is 5.59. The number of thiophene rings is 2. The monoisotopic (exact) mass is 335 g/mol. The molecule has 2 aromatic rings. The lowest BCUT2D eigenvalue weighted by Crippen LogP contribution is -2.25. The van der Waals surface area contributed by atoms with Gasteiger partial charge in [0.2, 0.25) is 0 Å². The molecule has 2 heterocycles. The highest BCUT2D eigenvalue weighted by molar-refractivity contribution is 7.91. The van der Waals surface area contributed by atoms with E-state index in [2.05, 4.69) is 0 Å². The summed E-state index contributed by atoms with van der Waals surface area (Å²) >= 11 is 8.59. The maximum atomic E-state index is 12.4. The fourth-order valence-corrected chi connectivity index (χ4v) is 5.62. The second-order valence-corrected chi connectivity index (χ2v) is 8.85. The Morgan fingerprint density at radius 1 is 1.42 bits per heavy atom. The summed E-state index contributed by atoms with van der Waals surface area (Å²) in [5, 5.41) is 1.94. The lowest BCUT2D eigenvalue weighted by Gasteiger charge is -2.14. The Hall–Kier alpha value is -0.400. The second kappa shape index (κ2) is 5.93. The van der Waals surface area contributed by atoms with Crippen LogP contribution >= 0.6 is 34.3 Å². The molecule has 0 fully saturated rings. The van der Waals surface area contributed by atoms with E-state index in [1.165, 1.54) is 15.6 Å². The van der Waals surface area contributed by atoms with Gasteiger partial charge in [-0.3, -0.25) is 0 Å². The molecule has 7 heteroatoms. The van der Waals surface area contributed by atoms with Crippen molar-refractivity contribution in [2.24, 2.45) is 0 Å². The van der Waals surface area contributed by atoms with E-state index in [0.29, 0.717) is 16.6 Å². The average molecular weight is 336 g/mol. The minimum atomic E-state index is -3.43. The Morgan fingerprint density at radius 3 is 2.68 bits per heavy atom. The van der Waals surface area contributed by atoms with Crippen LogP contribution in [0.1, 0.15) is 15.3 Å². The lowest BCUT2D eigenvalue weighted by atomic mass is 10.3. The summed E-state index contributed by atoms with van der Waals surface area (Å²) in [6.45, 7) is 2.28. The van der Waals surface area contributed by atoms with Crippen molar-refractivity contribution in [3.63, 3.8) is 0 Å². The van der Waals surface area contributed by atoms with Gasteiger partial charge in [-0.25, -0.2) is 8.42 Å². The fraction of sp³-hybridized carbons (Fsp3) is 0.333. The Balaban J connectivity index is 2.25. The summed E-state index contributed by atoms with van der Waals surface area (Å²) in [7, 11) is -1.83. The zero-order valence-corrected chi connectivity index (χ0v) is 13.8. The molecular formula is C12H14ClNO2S3. The second-order valence-electron chi connectivity index (χ2n) is 4.15. The molecule has 0 amide bonds. The SMILES string of the molecule is Cc1cc(S(=O)(=O)N(C)Cc2cccs2)sc1CCl. The molecule has 0 aromatic carbocycles. The maximum absolute atomic E-state index is 12.4. The molecule has 0 radical (unpaired) electrons. The van der Waals surface area contributed by atoms with Crippen molar-refractivity contribution in [1.29, 1.82) is 0 Å². The highest BCUT2D eigenvalue weighted by atomic mass is 35.5. The van der Waals surface area contributed by atoms with E-state index in [-0.39, 0.29) is 0 Å². The van der Waals surface area contributed by atoms with Crippen LogP contribution in [-0.4, -0.2) is 19.8 Å². The fourth-order valence-electron chi connectivity index (χ4n) is 1.61. The minimum Gasteiger partial charge on any atom is -0.206 e. The molecule has 0 saturated carbocycles. The minimum absolute atomic E-state index is 0.348. The Kier molecular flexibility index (Phi) is 4.68. The van der Waals surface area contributed by atoms with Gasteiger partial charge in [-0.1, -0.05) is 6.07 Å². The van der Waals surface area contributed by atoms with Crippen LogP contribution in [0.15, 0.2) is 27.8 Å². The van der Waals surface area contributed by atoms with Gasteiger partial charge in [0.1, 0.15) is 4.21 Å². The van der Waals surface area contributed by atoms with E-state index < -0.39 is 10.0 Å². The molecule has 2 aromatic heterocycles. The molecule has 0 aliphatic rings. The van der Waals surface area contributed by atoms with Crippen molar-refractivity contribution in [2.75, 3.05) is 7.05 Å².